The molecule has 2 rings (SSSR count). The predicted molar refractivity (Wildman–Crippen MR) is 83.6 cm³/mol. The van der Waals surface area contributed by atoms with Gasteiger partial charge in [0.05, 0.1) is 13.2 Å². The lowest BCUT2D eigenvalue weighted by molar-refractivity contribution is -0.274. The minimum Gasteiger partial charge on any atom is -0.465 e. The summed E-state index contributed by atoms with van der Waals surface area (Å²) in [6.45, 7) is 1.78. The molecule has 0 unspecified atom stereocenters. The third kappa shape index (κ3) is 4.75. The van der Waals surface area contributed by atoms with E-state index in [1.165, 1.54) is 31.4 Å². The summed E-state index contributed by atoms with van der Waals surface area (Å²) in [7, 11) is 1.23. The number of aromatic nitrogens is 1. The number of anilines is 1. The molecule has 0 saturated carbocycles. The number of thiazole rings is 1. The van der Waals surface area contributed by atoms with Crippen molar-refractivity contribution < 1.29 is 27.4 Å². The van der Waals surface area contributed by atoms with E-state index in [0.29, 0.717) is 10.7 Å². The molecule has 0 aliphatic rings. The zero-order valence-electron chi connectivity index (χ0n) is 12.5. The van der Waals surface area contributed by atoms with Gasteiger partial charge in [0.15, 0.2) is 15.2 Å². The Morgan fingerprint density at radius 3 is 2.50 bits per heavy atom. The molecule has 2 aromatic rings. The van der Waals surface area contributed by atoms with Crippen LogP contribution in [0.2, 0.25) is 5.15 Å². The van der Waals surface area contributed by atoms with Crippen LogP contribution in [-0.4, -0.2) is 24.4 Å². The highest BCUT2D eigenvalue weighted by Crippen LogP contribution is 2.31. The first kappa shape index (κ1) is 18.3. The van der Waals surface area contributed by atoms with Gasteiger partial charge in [-0.15, -0.1) is 13.2 Å². The SMILES string of the molecule is COC(=O)c1sc(N[C@@H](C)c2ccc(OC(F)(F)F)cc2)nc1Cl. The van der Waals surface area contributed by atoms with E-state index in [4.69, 9.17) is 11.6 Å². The van der Waals surface area contributed by atoms with E-state index in [0.717, 1.165) is 11.3 Å². The molecule has 0 amide bonds. The molecule has 0 saturated heterocycles. The Morgan fingerprint density at radius 2 is 1.96 bits per heavy atom. The third-order valence-electron chi connectivity index (χ3n) is 2.91. The number of rotatable bonds is 5. The quantitative estimate of drug-likeness (QED) is 0.765. The topological polar surface area (TPSA) is 60.5 Å². The minimum atomic E-state index is -4.73. The fourth-order valence-electron chi connectivity index (χ4n) is 1.81. The van der Waals surface area contributed by atoms with E-state index in [1.807, 2.05) is 0 Å². The molecule has 1 aromatic carbocycles. The van der Waals surface area contributed by atoms with Crippen LogP contribution in [0.3, 0.4) is 0 Å². The standard InChI is InChI=1S/C14H12ClF3N2O3S/c1-7(8-3-5-9(6-4-8)23-14(16,17)18)19-13-20-11(15)10(24-13)12(21)22-2/h3-7H,1-2H3,(H,19,20)/t7-/m0/s1. The summed E-state index contributed by atoms with van der Waals surface area (Å²) in [6, 6.07) is 5.15. The molecule has 130 valence electrons. The van der Waals surface area contributed by atoms with Crippen LogP contribution in [0, 0.1) is 0 Å². The Balaban J connectivity index is 2.07. The number of benzene rings is 1. The first-order valence-electron chi connectivity index (χ1n) is 6.56. The summed E-state index contributed by atoms with van der Waals surface area (Å²) in [5, 5.41) is 3.43. The number of alkyl halides is 3. The summed E-state index contributed by atoms with van der Waals surface area (Å²) < 4.78 is 44.8. The molecule has 1 N–H and O–H groups in total. The first-order chi connectivity index (χ1) is 11.2. The number of esters is 1. The molecule has 0 bridgehead atoms. The second-order valence-electron chi connectivity index (χ2n) is 4.61. The van der Waals surface area contributed by atoms with Gasteiger partial charge in [0.25, 0.3) is 0 Å². The fourth-order valence-corrected chi connectivity index (χ4v) is 3.00. The molecular weight excluding hydrogens is 369 g/mol. The van der Waals surface area contributed by atoms with Crippen LogP contribution in [0.15, 0.2) is 24.3 Å². The average molecular weight is 381 g/mol. The van der Waals surface area contributed by atoms with Crippen LogP contribution in [0.1, 0.15) is 28.2 Å². The van der Waals surface area contributed by atoms with Crippen molar-refractivity contribution in [2.45, 2.75) is 19.3 Å². The van der Waals surface area contributed by atoms with E-state index in [2.05, 4.69) is 19.8 Å². The number of halogens is 4. The Labute approximate surface area is 144 Å². The van der Waals surface area contributed by atoms with Crippen molar-refractivity contribution in [1.82, 2.24) is 4.98 Å². The van der Waals surface area contributed by atoms with Gasteiger partial charge < -0.3 is 14.8 Å². The maximum absolute atomic E-state index is 12.1. The van der Waals surface area contributed by atoms with Gasteiger partial charge in [-0.2, -0.15) is 0 Å². The van der Waals surface area contributed by atoms with E-state index in [9.17, 15) is 18.0 Å². The Morgan fingerprint density at radius 1 is 1.33 bits per heavy atom. The second kappa shape index (κ2) is 7.27. The van der Waals surface area contributed by atoms with Crippen LogP contribution >= 0.6 is 22.9 Å². The molecule has 5 nitrogen and oxygen atoms in total. The molecule has 10 heteroatoms. The van der Waals surface area contributed by atoms with Crippen molar-refractivity contribution in [3.8, 4) is 5.75 Å². The van der Waals surface area contributed by atoms with Crippen molar-refractivity contribution in [3.63, 3.8) is 0 Å². The van der Waals surface area contributed by atoms with E-state index in [-0.39, 0.29) is 21.8 Å². The van der Waals surface area contributed by atoms with Gasteiger partial charge in [-0.05, 0) is 24.6 Å². The van der Waals surface area contributed by atoms with Crippen molar-refractivity contribution in [2.75, 3.05) is 12.4 Å². The van der Waals surface area contributed by atoms with E-state index in [1.54, 1.807) is 6.92 Å². The number of nitrogens with zero attached hydrogens (tertiary/aromatic N) is 1. The maximum Gasteiger partial charge on any atom is 0.573 e. The summed E-state index contributed by atoms with van der Waals surface area (Å²) in [6.07, 6.45) is -4.73. The fraction of sp³-hybridized carbons (Fsp3) is 0.286. The van der Waals surface area contributed by atoms with Crippen molar-refractivity contribution in [3.05, 3.63) is 39.9 Å². The maximum atomic E-state index is 12.1. The molecule has 1 atom stereocenters. The largest absolute Gasteiger partial charge is 0.573 e. The van der Waals surface area contributed by atoms with Gasteiger partial charge in [-0.25, -0.2) is 9.78 Å². The summed E-state index contributed by atoms with van der Waals surface area (Å²) >= 11 is 6.89. The van der Waals surface area contributed by atoms with Gasteiger partial charge in [0.2, 0.25) is 0 Å². The molecular formula is C14H12ClF3N2O3S. The lowest BCUT2D eigenvalue weighted by atomic mass is 10.1. The van der Waals surface area contributed by atoms with Crippen LogP contribution < -0.4 is 10.1 Å². The highest BCUT2D eigenvalue weighted by atomic mass is 35.5. The normalized spacial score (nSPS) is 12.6. The van der Waals surface area contributed by atoms with Crippen molar-refractivity contribution in [2.24, 2.45) is 0 Å². The number of carbonyl (C=O) groups is 1. The van der Waals surface area contributed by atoms with Gasteiger partial charge in [0, 0.05) is 0 Å². The predicted octanol–water partition coefficient (Wildman–Crippen LogP) is 4.65. The van der Waals surface area contributed by atoms with Crippen LogP contribution in [0.4, 0.5) is 18.3 Å². The van der Waals surface area contributed by atoms with Crippen LogP contribution in [0.5, 0.6) is 5.75 Å². The molecule has 1 heterocycles. The smallest absolute Gasteiger partial charge is 0.465 e. The summed E-state index contributed by atoms with van der Waals surface area (Å²) in [5.41, 5.74) is 0.704. The van der Waals surface area contributed by atoms with Crippen molar-refractivity contribution >= 4 is 34.0 Å². The zero-order chi connectivity index (χ0) is 17.9. The molecule has 0 fully saturated rings. The third-order valence-corrected chi connectivity index (χ3v) is 4.26. The van der Waals surface area contributed by atoms with Gasteiger partial charge >= 0.3 is 12.3 Å². The van der Waals surface area contributed by atoms with E-state index < -0.39 is 12.3 Å². The Bertz CT molecular complexity index is 719. The summed E-state index contributed by atoms with van der Waals surface area (Å²) in [4.78, 5) is 15.7. The van der Waals surface area contributed by atoms with Gasteiger partial charge in [0.1, 0.15) is 5.75 Å². The highest BCUT2D eigenvalue weighted by molar-refractivity contribution is 7.18. The number of hydrogen-bond donors (Lipinski definition) is 1. The molecule has 0 radical (unpaired) electrons. The van der Waals surface area contributed by atoms with Crippen molar-refractivity contribution in [1.29, 1.82) is 0 Å². The van der Waals surface area contributed by atoms with Crippen LogP contribution in [0.25, 0.3) is 0 Å². The molecule has 24 heavy (non-hydrogen) atoms. The Kier molecular flexibility index (Phi) is 5.55. The monoisotopic (exact) mass is 380 g/mol. The first-order valence-corrected chi connectivity index (χ1v) is 7.76. The highest BCUT2D eigenvalue weighted by Gasteiger charge is 2.31. The minimum absolute atomic E-state index is 0.0236. The van der Waals surface area contributed by atoms with E-state index >= 15 is 0 Å². The number of hydrogen-bond acceptors (Lipinski definition) is 6. The van der Waals surface area contributed by atoms with Gasteiger partial charge in [-0.1, -0.05) is 35.1 Å². The molecule has 0 aliphatic carbocycles. The number of methoxy groups -OCH3 is 1. The van der Waals surface area contributed by atoms with Gasteiger partial charge in [-0.3, -0.25) is 0 Å². The number of ether oxygens (including phenoxy) is 2. The Hall–Kier alpha value is -2.00. The summed E-state index contributed by atoms with van der Waals surface area (Å²) in [5.74, 6) is -0.893. The number of nitrogens with one attached hydrogen (secondary N) is 1. The molecule has 1 aromatic heterocycles. The zero-order valence-corrected chi connectivity index (χ0v) is 14.1. The second-order valence-corrected chi connectivity index (χ2v) is 5.97. The molecule has 0 spiro atoms. The lowest BCUT2D eigenvalue weighted by Gasteiger charge is -2.14. The lowest BCUT2D eigenvalue weighted by Crippen LogP contribution is -2.17. The molecule has 0 aliphatic heterocycles. The average Bonchev–Trinajstić information content (AvgIpc) is 2.86. The number of carbonyl (C=O) groups excluding carboxylic acids is 1. The van der Waals surface area contributed by atoms with Crippen LogP contribution in [-0.2, 0) is 4.74 Å².